The highest BCUT2D eigenvalue weighted by molar-refractivity contribution is 7.99. The predicted octanol–water partition coefficient (Wildman–Crippen LogP) is 2.26. The van der Waals surface area contributed by atoms with Gasteiger partial charge in [0.1, 0.15) is 11.8 Å². The second kappa shape index (κ2) is 5.94. The molecule has 0 amide bonds. The molecule has 1 aromatic heterocycles. The molecule has 0 aliphatic heterocycles. The third-order valence-electron chi connectivity index (χ3n) is 1.53. The molecule has 1 rings (SSSR count). The Labute approximate surface area is 82.9 Å². The van der Waals surface area contributed by atoms with Crippen molar-refractivity contribution in [3.63, 3.8) is 0 Å². The zero-order chi connectivity index (χ0) is 9.52. The van der Waals surface area contributed by atoms with Crippen molar-refractivity contribution >= 4 is 11.8 Å². The molecule has 0 aromatic carbocycles. The average molecular weight is 198 g/mol. The Morgan fingerprint density at radius 2 is 2.46 bits per heavy atom. The minimum absolute atomic E-state index is 0.0444. The Bertz CT molecular complexity index is 230. The summed E-state index contributed by atoms with van der Waals surface area (Å²) in [5.74, 6) is 1.09. The Hall–Kier alpha value is -0.610. The van der Waals surface area contributed by atoms with Gasteiger partial charge >= 0.3 is 0 Å². The maximum absolute atomic E-state index is 5.31. The third kappa shape index (κ3) is 3.32. The first-order chi connectivity index (χ1) is 6.38. The summed E-state index contributed by atoms with van der Waals surface area (Å²) in [5, 5.41) is 0. The number of thioether (sulfide) groups is 1. The maximum Gasteiger partial charge on any atom is 0.145 e. The highest BCUT2D eigenvalue weighted by Gasteiger charge is 2.10. The summed E-state index contributed by atoms with van der Waals surface area (Å²) in [7, 11) is 1.70. The van der Waals surface area contributed by atoms with E-state index >= 15 is 0 Å². The fourth-order valence-corrected chi connectivity index (χ4v) is 1.84. The number of hydrogen-bond acceptors (Lipinski definition) is 4. The van der Waals surface area contributed by atoms with E-state index in [-0.39, 0.29) is 5.44 Å². The lowest BCUT2D eigenvalue weighted by Crippen LogP contribution is -2.00. The van der Waals surface area contributed by atoms with Crippen molar-refractivity contribution in [3.05, 3.63) is 24.3 Å². The lowest BCUT2D eigenvalue weighted by molar-refractivity contribution is 0.172. The molecule has 0 aliphatic carbocycles. The van der Waals surface area contributed by atoms with Crippen molar-refractivity contribution in [3.8, 4) is 0 Å². The first-order valence-corrected chi connectivity index (χ1v) is 5.33. The maximum atomic E-state index is 5.31. The number of ether oxygens (including phenoxy) is 1. The van der Waals surface area contributed by atoms with Gasteiger partial charge in [-0.2, -0.15) is 0 Å². The summed E-state index contributed by atoms with van der Waals surface area (Å²) >= 11 is 1.76. The Kier molecular flexibility index (Phi) is 4.78. The topological polar surface area (TPSA) is 35.0 Å². The van der Waals surface area contributed by atoms with Gasteiger partial charge in [-0.05, 0) is 18.2 Å². The standard InChI is InChI=1S/C9H14N2OS/c1-3-6-13-9(12-2)8-4-5-10-7-11-8/h4-5,7,9H,3,6H2,1-2H3. The highest BCUT2D eigenvalue weighted by Crippen LogP contribution is 2.27. The van der Waals surface area contributed by atoms with E-state index in [4.69, 9.17) is 4.74 Å². The number of hydrogen-bond donors (Lipinski definition) is 0. The molecule has 72 valence electrons. The molecule has 1 atom stereocenters. The Morgan fingerprint density at radius 1 is 1.62 bits per heavy atom. The second-order valence-corrected chi connectivity index (χ2v) is 3.74. The van der Waals surface area contributed by atoms with Crippen molar-refractivity contribution in [2.45, 2.75) is 18.8 Å². The van der Waals surface area contributed by atoms with E-state index in [1.165, 1.54) is 0 Å². The molecule has 0 bridgehead atoms. The van der Waals surface area contributed by atoms with Crippen LogP contribution >= 0.6 is 11.8 Å². The predicted molar refractivity (Wildman–Crippen MR) is 54.5 cm³/mol. The first kappa shape index (κ1) is 10.5. The highest BCUT2D eigenvalue weighted by atomic mass is 32.2. The molecular weight excluding hydrogens is 184 g/mol. The van der Waals surface area contributed by atoms with Gasteiger partial charge in [0.05, 0.1) is 5.69 Å². The van der Waals surface area contributed by atoms with Crippen LogP contribution in [-0.4, -0.2) is 22.8 Å². The van der Waals surface area contributed by atoms with Gasteiger partial charge in [0.15, 0.2) is 0 Å². The normalized spacial score (nSPS) is 12.8. The van der Waals surface area contributed by atoms with E-state index in [0.717, 1.165) is 17.9 Å². The van der Waals surface area contributed by atoms with Gasteiger partial charge in [0, 0.05) is 13.3 Å². The number of aromatic nitrogens is 2. The molecule has 1 aromatic rings. The van der Waals surface area contributed by atoms with E-state index in [1.807, 2.05) is 6.07 Å². The van der Waals surface area contributed by atoms with Crippen LogP contribution in [0.1, 0.15) is 24.5 Å². The Balaban J connectivity index is 2.56. The van der Waals surface area contributed by atoms with Crippen molar-refractivity contribution in [2.75, 3.05) is 12.9 Å². The van der Waals surface area contributed by atoms with Crippen LogP contribution in [0.4, 0.5) is 0 Å². The van der Waals surface area contributed by atoms with Crippen LogP contribution in [0, 0.1) is 0 Å². The fourth-order valence-electron chi connectivity index (χ4n) is 0.939. The fraction of sp³-hybridized carbons (Fsp3) is 0.556. The van der Waals surface area contributed by atoms with E-state index < -0.39 is 0 Å². The molecule has 13 heavy (non-hydrogen) atoms. The molecule has 4 heteroatoms. The van der Waals surface area contributed by atoms with E-state index in [2.05, 4.69) is 16.9 Å². The summed E-state index contributed by atoms with van der Waals surface area (Å²) in [5.41, 5.74) is 0.985. The first-order valence-electron chi connectivity index (χ1n) is 4.28. The zero-order valence-corrected chi connectivity index (χ0v) is 8.75. The molecule has 1 unspecified atom stereocenters. The van der Waals surface area contributed by atoms with Gasteiger partial charge < -0.3 is 4.74 Å². The van der Waals surface area contributed by atoms with E-state index in [0.29, 0.717) is 0 Å². The van der Waals surface area contributed by atoms with Crippen LogP contribution in [0.15, 0.2) is 18.6 Å². The van der Waals surface area contributed by atoms with Crippen molar-refractivity contribution in [1.29, 1.82) is 0 Å². The summed E-state index contributed by atoms with van der Waals surface area (Å²) in [6.45, 7) is 2.15. The summed E-state index contributed by atoms with van der Waals surface area (Å²) in [6, 6.07) is 1.89. The van der Waals surface area contributed by atoms with Crippen molar-refractivity contribution in [1.82, 2.24) is 9.97 Å². The molecule has 0 saturated carbocycles. The largest absolute Gasteiger partial charge is 0.364 e. The lowest BCUT2D eigenvalue weighted by atomic mass is 10.4. The van der Waals surface area contributed by atoms with Crippen LogP contribution < -0.4 is 0 Å². The van der Waals surface area contributed by atoms with Gasteiger partial charge in [-0.15, -0.1) is 11.8 Å². The number of nitrogens with zero attached hydrogens (tertiary/aromatic N) is 2. The van der Waals surface area contributed by atoms with Crippen LogP contribution in [0.5, 0.6) is 0 Å². The van der Waals surface area contributed by atoms with Gasteiger partial charge in [-0.3, -0.25) is 0 Å². The molecule has 0 spiro atoms. The molecule has 0 aliphatic rings. The van der Waals surface area contributed by atoms with Crippen LogP contribution in [0.3, 0.4) is 0 Å². The number of rotatable bonds is 5. The van der Waals surface area contributed by atoms with Gasteiger partial charge in [0.25, 0.3) is 0 Å². The molecule has 0 fully saturated rings. The van der Waals surface area contributed by atoms with Crippen LogP contribution in [-0.2, 0) is 4.74 Å². The minimum Gasteiger partial charge on any atom is -0.364 e. The Morgan fingerprint density at radius 3 is 3.00 bits per heavy atom. The van der Waals surface area contributed by atoms with Crippen LogP contribution in [0.25, 0.3) is 0 Å². The van der Waals surface area contributed by atoms with Gasteiger partial charge in [-0.1, -0.05) is 6.92 Å². The lowest BCUT2D eigenvalue weighted by Gasteiger charge is -2.12. The quantitative estimate of drug-likeness (QED) is 0.680. The summed E-state index contributed by atoms with van der Waals surface area (Å²) in [4.78, 5) is 8.01. The van der Waals surface area contributed by atoms with E-state index in [9.17, 15) is 0 Å². The minimum atomic E-state index is 0.0444. The average Bonchev–Trinajstić information content (AvgIpc) is 2.21. The molecule has 0 saturated heterocycles. The van der Waals surface area contributed by atoms with Gasteiger partial charge in [-0.25, -0.2) is 9.97 Å². The van der Waals surface area contributed by atoms with Crippen molar-refractivity contribution < 1.29 is 4.74 Å². The summed E-state index contributed by atoms with van der Waals surface area (Å²) < 4.78 is 5.31. The van der Waals surface area contributed by atoms with Crippen LogP contribution in [0.2, 0.25) is 0 Å². The molecular formula is C9H14N2OS. The zero-order valence-electron chi connectivity index (χ0n) is 7.93. The smallest absolute Gasteiger partial charge is 0.145 e. The molecule has 1 heterocycles. The molecule has 0 N–H and O–H groups in total. The van der Waals surface area contributed by atoms with Crippen molar-refractivity contribution in [2.24, 2.45) is 0 Å². The summed E-state index contributed by atoms with van der Waals surface area (Å²) in [6.07, 6.45) is 4.43. The third-order valence-corrected chi connectivity index (χ3v) is 2.91. The molecule has 3 nitrogen and oxygen atoms in total. The molecule has 0 radical (unpaired) electrons. The SMILES string of the molecule is CCCSC(OC)c1ccncn1. The van der Waals surface area contributed by atoms with E-state index in [1.54, 1.807) is 31.4 Å². The number of methoxy groups -OCH3 is 1. The van der Waals surface area contributed by atoms with Gasteiger partial charge in [0.2, 0.25) is 0 Å². The monoisotopic (exact) mass is 198 g/mol. The second-order valence-electron chi connectivity index (χ2n) is 2.57.